The molecule has 6 nitrogen and oxygen atoms in total. The first-order valence-electron chi connectivity index (χ1n) is 6.67. The smallest absolute Gasteiger partial charge is 0.311 e. The normalized spacial score (nSPS) is 10.5. The van der Waals surface area contributed by atoms with E-state index < -0.39 is 10.7 Å². The molecule has 7 heteroatoms. The van der Waals surface area contributed by atoms with Crippen molar-refractivity contribution in [1.29, 1.82) is 0 Å². The molecule has 0 radical (unpaired) electrons. The van der Waals surface area contributed by atoms with E-state index >= 15 is 0 Å². The maximum atomic E-state index is 13.5. The van der Waals surface area contributed by atoms with E-state index in [0.29, 0.717) is 22.4 Å². The first-order valence-corrected chi connectivity index (χ1v) is 6.67. The number of rotatable bonds is 3. The van der Waals surface area contributed by atoms with Gasteiger partial charge in [0.1, 0.15) is 5.82 Å². The predicted molar refractivity (Wildman–Crippen MR) is 83.9 cm³/mol. The molecule has 2 N–H and O–H groups in total. The molecule has 0 saturated carbocycles. The van der Waals surface area contributed by atoms with E-state index in [1.54, 1.807) is 36.7 Å². The highest BCUT2D eigenvalue weighted by atomic mass is 19.1. The highest BCUT2D eigenvalue weighted by molar-refractivity contribution is 5.84. The summed E-state index contributed by atoms with van der Waals surface area (Å²) >= 11 is 0. The van der Waals surface area contributed by atoms with Gasteiger partial charge in [-0.2, -0.15) is 0 Å². The average molecular weight is 310 g/mol. The van der Waals surface area contributed by atoms with Crippen molar-refractivity contribution < 1.29 is 9.31 Å². The van der Waals surface area contributed by atoms with Gasteiger partial charge in [-0.05, 0) is 29.8 Å². The molecule has 114 valence electrons. The largest absolute Gasteiger partial charge is 0.378 e. The quantitative estimate of drug-likeness (QED) is 0.590. The first kappa shape index (κ1) is 14.6. The molecule has 0 aliphatic rings. The standard InChI is InChI=1S/C16H11FN4O2/c17-12-3-1-2-11(8-12)15-13(10-4-6-19-7-5-10)9-14(21(22)23)16(18)20-15/h1-9H,(H2,18,20). The molecule has 0 amide bonds. The Labute approximate surface area is 130 Å². The molecule has 3 aromatic rings. The predicted octanol–water partition coefficient (Wildman–Crippen LogP) is 3.44. The van der Waals surface area contributed by atoms with E-state index in [4.69, 9.17) is 5.73 Å². The maximum absolute atomic E-state index is 13.5. The molecular weight excluding hydrogens is 299 g/mol. The minimum atomic E-state index is -0.595. The third kappa shape index (κ3) is 2.84. The van der Waals surface area contributed by atoms with Gasteiger partial charge in [0, 0.05) is 29.6 Å². The Morgan fingerprint density at radius 1 is 1.09 bits per heavy atom. The molecule has 23 heavy (non-hydrogen) atoms. The lowest BCUT2D eigenvalue weighted by molar-refractivity contribution is -0.384. The van der Waals surface area contributed by atoms with Gasteiger partial charge in [0.05, 0.1) is 10.6 Å². The van der Waals surface area contributed by atoms with Gasteiger partial charge >= 0.3 is 5.69 Å². The van der Waals surface area contributed by atoms with Crippen LogP contribution in [0.5, 0.6) is 0 Å². The number of benzene rings is 1. The Morgan fingerprint density at radius 2 is 1.83 bits per heavy atom. The fraction of sp³-hybridized carbons (Fsp3) is 0. The second-order valence-corrected chi connectivity index (χ2v) is 4.79. The molecule has 0 aliphatic heterocycles. The number of hydrogen-bond acceptors (Lipinski definition) is 5. The molecule has 0 aliphatic carbocycles. The van der Waals surface area contributed by atoms with Crippen LogP contribution in [0, 0.1) is 15.9 Å². The number of aromatic nitrogens is 2. The zero-order valence-corrected chi connectivity index (χ0v) is 11.8. The molecule has 2 heterocycles. The number of halogens is 1. The highest BCUT2D eigenvalue weighted by Gasteiger charge is 2.20. The number of nitrogen functional groups attached to an aromatic ring is 1. The first-order chi connectivity index (χ1) is 11.1. The summed E-state index contributed by atoms with van der Waals surface area (Å²) in [5.74, 6) is -0.644. The minimum Gasteiger partial charge on any atom is -0.378 e. The van der Waals surface area contributed by atoms with E-state index in [1.807, 2.05) is 0 Å². The summed E-state index contributed by atoms with van der Waals surface area (Å²) in [5, 5.41) is 11.1. The zero-order chi connectivity index (χ0) is 16.4. The number of hydrogen-bond donors (Lipinski definition) is 1. The number of anilines is 1. The number of nitro groups is 1. The average Bonchev–Trinajstić information content (AvgIpc) is 2.55. The van der Waals surface area contributed by atoms with Gasteiger partial charge in [0.15, 0.2) is 0 Å². The van der Waals surface area contributed by atoms with Crippen LogP contribution in [0.2, 0.25) is 0 Å². The van der Waals surface area contributed by atoms with Crippen molar-refractivity contribution in [2.75, 3.05) is 5.73 Å². The zero-order valence-electron chi connectivity index (χ0n) is 11.8. The van der Waals surface area contributed by atoms with Crippen molar-refractivity contribution in [3.63, 3.8) is 0 Å². The fourth-order valence-corrected chi connectivity index (χ4v) is 2.27. The highest BCUT2D eigenvalue weighted by Crippen LogP contribution is 2.35. The van der Waals surface area contributed by atoms with Crippen LogP contribution < -0.4 is 5.73 Å². The molecule has 0 fully saturated rings. The summed E-state index contributed by atoms with van der Waals surface area (Å²) in [6.07, 6.45) is 3.12. The van der Waals surface area contributed by atoms with Gasteiger partial charge in [-0.15, -0.1) is 0 Å². The lowest BCUT2D eigenvalue weighted by atomic mass is 9.99. The summed E-state index contributed by atoms with van der Waals surface area (Å²) in [5.41, 5.74) is 7.41. The second kappa shape index (κ2) is 5.80. The van der Waals surface area contributed by atoms with Crippen LogP contribution in [-0.4, -0.2) is 14.9 Å². The van der Waals surface area contributed by atoms with Gasteiger partial charge in [-0.3, -0.25) is 15.1 Å². The van der Waals surface area contributed by atoms with Crippen LogP contribution in [-0.2, 0) is 0 Å². The van der Waals surface area contributed by atoms with E-state index in [9.17, 15) is 14.5 Å². The van der Waals surface area contributed by atoms with Crippen molar-refractivity contribution in [3.8, 4) is 22.4 Å². The van der Waals surface area contributed by atoms with Gasteiger partial charge in [-0.25, -0.2) is 9.37 Å². The fourth-order valence-electron chi connectivity index (χ4n) is 2.27. The molecule has 2 aromatic heterocycles. The van der Waals surface area contributed by atoms with E-state index in [0.717, 1.165) is 0 Å². The van der Waals surface area contributed by atoms with E-state index in [1.165, 1.54) is 18.2 Å². The van der Waals surface area contributed by atoms with Gasteiger partial charge in [0.25, 0.3) is 0 Å². The molecule has 0 bridgehead atoms. The summed E-state index contributed by atoms with van der Waals surface area (Å²) in [6, 6.07) is 10.6. The van der Waals surface area contributed by atoms with Crippen molar-refractivity contribution >= 4 is 11.5 Å². The Kier molecular flexibility index (Phi) is 3.68. The third-order valence-corrected chi connectivity index (χ3v) is 3.32. The topological polar surface area (TPSA) is 94.9 Å². The van der Waals surface area contributed by atoms with Crippen LogP contribution in [0.3, 0.4) is 0 Å². The summed E-state index contributed by atoms with van der Waals surface area (Å²) in [6.45, 7) is 0. The van der Waals surface area contributed by atoms with Crippen LogP contribution in [0.1, 0.15) is 0 Å². The van der Waals surface area contributed by atoms with Crippen molar-refractivity contribution in [2.45, 2.75) is 0 Å². The Hall–Kier alpha value is -3.35. The van der Waals surface area contributed by atoms with Gasteiger partial charge in [0.2, 0.25) is 5.82 Å². The van der Waals surface area contributed by atoms with E-state index in [2.05, 4.69) is 9.97 Å². The monoisotopic (exact) mass is 310 g/mol. The van der Waals surface area contributed by atoms with Crippen LogP contribution in [0.25, 0.3) is 22.4 Å². The summed E-state index contributed by atoms with van der Waals surface area (Å²) in [7, 11) is 0. The van der Waals surface area contributed by atoms with Crippen LogP contribution >= 0.6 is 0 Å². The number of nitrogens with zero attached hydrogens (tertiary/aromatic N) is 3. The van der Waals surface area contributed by atoms with Crippen molar-refractivity contribution in [2.24, 2.45) is 0 Å². The lowest BCUT2D eigenvalue weighted by Crippen LogP contribution is -2.02. The molecule has 0 atom stereocenters. The SMILES string of the molecule is Nc1nc(-c2cccc(F)c2)c(-c2ccncc2)cc1[N+](=O)[O-]. The summed E-state index contributed by atoms with van der Waals surface area (Å²) in [4.78, 5) is 18.6. The van der Waals surface area contributed by atoms with Gasteiger partial charge in [-0.1, -0.05) is 12.1 Å². The maximum Gasteiger partial charge on any atom is 0.311 e. The van der Waals surface area contributed by atoms with Gasteiger partial charge < -0.3 is 5.73 Å². The molecule has 1 aromatic carbocycles. The third-order valence-electron chi connectivity index (χ3n) is 3.32. The molecule has 0 unspecified atom stereocenters. The Morgan fingerprint density at radius 3 is 2.48 bits per heavy atom. The molecule has 0 saturated heterocycles. The van der Waals surface area contributed by atoms with Crippen LogP contribution in [0.15, 0.2) is 54.9 Å². The van der Waals surface area contributed by atoms with Crippen molar-refractivity contribution in [3.05, 3.63) is 70.8 Å². The van der Waals surface area contributed by atoms with Crippen LogP contribution in [0.4, 0.5) is 15.9 Å². The molecule has 3 rings (SSSR count). The lowest BCUT2D eigenvalue weighted by Gasteiger charge is -2.10. The molecular formula is C16H11FN4O2. The Balaban J connectivity index is 2.30. The minimum absolute atomic E-state index is 0.216. The number of nitrogens with two attached hydrogens (primary N) is 1. The number of pyridine rings is 2. The van der Waals surface area contributed by atoms with E-state index in [-0.39, 0.29) is 11.5 Å². The Bertz CT molecular complexity index is 885. The van der Waals surface area contributed by atoms with Crippen molar-refractivity contribution in [1.82, 2.24) is 9.97 Å². The molecule has 0 spiro atoms. The summed E-state index contributed by atoms with van der Waals surface area (Å²) < 4.78 is 13.5. The second-order valence-electron chi connectivity index (χ2n) is 4.79.